The van der Waals surface area contributed by atoms with Crippen molar-refractivity contribution in [2.45, 2.75) is 44.7 Å². The van der Waals surface area contributed by atoms with E-state index in [1.807, 2.05) is 48.5 Å². The Kier molecular flexibility index (Phi) is 5.80. The lowest BCUT2D eigenvalue weighted by molar-refractivity contribution is -0.117. The Bertz CT molecular complexity index is 1100. The minimum absolute atomic E-state index is 0.0300. The van der Waals surface area contributed by atoms with Crippen LogP contribution in [0.15, 0.2) is 66.7 Å². The smallest absolute Gasteiger partial charge is 0.294 e. The summed E-state index contributed by atoms with van der Waals surface area (Å²) < 4.78 is 2.08. The van der Waals surface area contributed by atoms with Crippen LogP contribution in [0.1, 0.15) is 41.9 Å². The molecule has 5 heteroatoms. The van der Waals surface area contributed by atoms with Crippen molar-refractivity contribution in [2.24, 2.45) is 0 Å². The van der Waals surface area contributed by atoms with Gasteiger partial charge in [-0.15, -0.1) is 0 Å². The van der Waals surface area contributed by atoms with E-state index in [0.29, 0.717) is 5.69 Å². The van der Waals surface area contributed by atoms with Crippen molar-refractivity contribution in [1.82, 2.24) is 9.88 Å². The first-order valence-electron chi connectivity index (χ1n) is 11.6. The minimum Gasteiger partial charge on any atom is -0.371 e. The predicted molar refractivity (Wildman–Crippen MR) is 127 cm³/mol. The van der Waals surface area contributed by atoms with E-state index >= 15 is 0 Å². The van der Waals surface area contributed by atoms with Gasteiger partial charge in [0.2, 0.25) is 0 Å². The van der Waals surface area contributed by atoms with Crippen LogP contribution in [-0.2, 0) is 17.8 Å². The van der Waals surface area contributed by atoms with Crippen molar-refractivity contribution in [2.75, 3.05) is 18.0 Å². The zero-order valence-electron chi connectivity index (χ0n) is 18.3. The highest BCUT2D eigenvalue weighted by Gasteiger charge is 2.30. The molecule has 1 fully saturated rings. The van der Waals surface area contributed by atoms with Crippen molar-refractivity contribution in [1.29, 1.82) is 0 Å². The number of aromatic nitrogens is 1. The minimum atomic E-state index is -0.480. The van der Waals surface area contributed by atoms with E-state index in [1.165, 1.54) is 5.69 Å². The predicted octanol–water partition coefficient (Wildman–Crippen LogP) is 4.46. The lowest BCUT2D eigenvalue weighted by atomic mass is 10.0. The fraction of sp³-hybridized carbons (Fsp3) is 0.333. The molecule has 0 aliphatic carbocycles. The fourth-order valence-corrected chi connectivity index (χ4v) is 5.00. The van der Waals surface area contributed by atoms with E-state index in [4.69, 9.17) is 0 Å². The summed E-state index contributed by atoms with van der Waals surface area (Å²) in [6, 6.07) is 22.4. The molecule has 3 heterocycles. The monoisotopic (exact) mass is 427 g/mol. The van der Waals surface area contributed by atoms with Crippen LogP contribution >= 0.6 is 0 Å². The number of hydrogen-bond donors (Lipinski definition) is 1. The number of piperidine rings is 1. The molecule has 0 saturated carbocycles. The van der Waals surface area contributed by atoms with Crippen LogP contribution in [0.4, 0.5) is 5.69 Å². The van der Waals surface area contributed by atoms with Crippen molar-refractivity contribution in [3.8, 4) is 11.1 Å². The Morgan fingerprint density at radius 3 is 2.25 bits per heavy atom. The van der Waals surface area contributed by atoms with E-state index in [9.17, 15) is 9.59 Å². The van der Waals surface area contributed by atoms with E-state index in [0.717, 1.165) is 68.6 Å². The molecule has 5 rings (SSSR count). The molecule has 0 spiro atoms. The average Bonchev–Trinajstić information content (AvgIpc) is 3.25. The van der Waals surface area contributed by atoms with Gasteiger partial charge in [-0.1, -0.05) is 48.5 Å². The molecule has 1 N–H and O–H groups in total. The first kappa shape index (κ1) is 20.6. The number of anilines is 1. The number of rotatable bonds is 5. The van der Waals surface area contributed by atoms with Gasteiger partial charge in [-0.25, -0.2) is 0 Å². The lowest BCUT2D eigenvalue weighted by Crippen LogP contribution is -2.47. The Morgan fingerprint density at radius 2 is 1.53 bits per heavy atom. The van der Waals surface area contributed by atoms with Crippen LogP contribution in [0.5, 0.6) is 0 Å². The second-order valence-electron chi connectivity index (χ2n) is 8.77. The van der Waals surface area contributed by atoms with Gasteiger partial charge in [0, 0.05) is 42.6 Å². The lowest BCUT2D eigenvalue weighted by Gasteiger charge is -2.33. The number of Topliss-reactive ketones (excluding diaryl/α,β-unsaturated/α-hetero) is 1. The van der Waals surface area contributed by atoms with Gasteiger partial charge < -0.3 is 14.8 Å². The molecule has 32 heavy (non-hydrogen) atoms. The first-order valence-corrected chi connectivity index (χ1v) is 11.6. The molecule has 3 aromatic rings. The molecule has 0 unspecified atom stereocenters. The van der Waals surface area contributed by atoms with Gasteiger partial charge in [0.25, 0.3) is 11.7 Å². The number of carbonyl (C=O) groups excluding carboxylic acids is 2. The molecule has 2 aliphatic heterocycles. The van der Waals surface area contributed by atoms with Gasteiger partial charge in [0.1, 0.15) is 5.69 Å². The average molecular weight is 428 g/mol. The molecule has 0 bridgehead atoms. The zero-order chi connectivity index (χ0) is 21.9. The van der Waals surface area contributed by atoms with E-state index < -0.39 is 11.7 Å². The number of fused-ring (bicyclic) bond motifs is 1. The summed E-state index contributed by atoms with van der Waals surface area (Å²) in [5.74, 6) is -0.894. The SMILES string of the molecule is O=C(NC1CCN(c2ccccc2)CC1)C(=O)c1c(-c2ccccc2)cc2n1CCCC2. The number of nitrogens with zero attached hydrogens (tertiary/aromatic N) is 2. The highest BCUT2D eigenvalue weighted by molar-refractivity contribution is 6.43. The second kappa shape index (κ2) is 9.03. The van der Waals surface area contributed by atoms with E-state index in [-0.39, 0.29) is 6.04 Å². The fourth-order valence-electron chi connectivity index (χ4n) is 5.00. The number of para-hydroxylation sites is 1. The Morgan fingerprint density at radius 1 is 0.844 bits per heavy atom. The molecule has 1 aromatic heterocycles. The summed E-state index contributed by atoms with van der Waals surface area (Å²) in [4.78, 5) is 28.8. The highest BCUT2D eigenvalue weighted by atomic mass is 16.2. The number of amides is 1. The van der Waals surface area contributed by atoms with Crippen LogP contribution in [0.2, 0.25) is 0 Å². The second-order valence-corrected chi connectivity index (χ2v) is 8.77. The topological polar surface area (TPSA) is 54.3 Å². The third kappa shape index (κ3) is 4.07. The largest absolute Gasteiger partial charge is 0.371 e. The third-order valence-corrected chi connectivity index (χ3v) is 6.70. The quantitative estimate of drug-likeness (QED) is 0.483. The summed E-state index contributed by atoms with van der Waals surface area (Å²) in [7, 11) is 0. The molecule has 2 aliphatic rings. The highest BCUT2D eigenvalue weighted by Crippen LogP contribution is 2.31. The van der Waals surface area contributed by atoms with Crippen molar-refractivity contribution in [3.63, 3.8) is 0 Å². The van der Waals surface area contributed by atoms with Gasteiger partial charge in [0.05, 0.1) is 0 Å². The van der Waals surface area contributed by atoms with Crippen molar-refractivity contribution in [3.05, 3.63) is 78.1 Å². The molecule has 0 radical (unpaired) electrons. The molecule has 164 valence electrons. The summed E-state index contributed by atoms with van der Waals surface area (Å²) in [5.41, 5.74) is 4.77. The van der Waals surface area contributed by atoms with Crippen molar-refractivity contribution >= 4 is 17.4 Å². The van der Waals surface area contributed by atoms with Crippen LogP contribution in [0, 0.1) is 0 Å². The molecular formula is C27H29N3O2. The number of aryl methyl sites for hydroxylation is 1. The molecule has 2 aromatic carbocycles. The Labute approximate surface area is 189 Å². The molecule has 1 amide bonds. The summed E-state index contributed by atoms with van der Waals surface area (Å²) in [6.07, 6.45) is 4.79. The molecule has 5 nitrogen and oxygen atoms in total. The molecule has 0 atom stereocenters. The number of nitrogens with one attached hydrogen (secondary N) is 1. The standard InChI is InChI=1S/C27H29N3O2/c31-26(27(32)28-21-14-17-29(18-15-21)22-11-5-2-6-12-22)25-24(20-9-3-1-4-10-20)19-23-13-7-8-16-30(23)25/h1-6,9-12,19,21H,7-8,13-18H2,(H,28,32). The normalized spacial score (nSPS) is 16.4. The summed E-state index contributed by atoms with van der Waals surface area (Å²) >= 11 is 0. The third-order valence-electron chi connectivity index (χ3n) is 6.70. The molecular weight excluding hydrogens is 398 g/mol. The number of benzene rings is 2. The van der Waals surface area contributed by atoms with Crippen LogP contribution < -0.4 is 10.2 Å². The van der Waals surface area contributed by atoms with Crippen LogP contribution in [0.25, 0.3) is 11.1 Å². The van der Waals surface area contributed by atoms with Crippen LogP contribution in [0.3, 0.4) is 0 Å². The van der Waals surface area contributed by atoms with Gasteiger partial charge in [-0.2, -0.15) is 0 Å². The summed E-state index contributed by atoms with van der Waals surface area (Å²) in [5, 5.41) is 3.04. The zero-order valence-corrected chi connectivity index (χ0v) is 18.3. The van der Waals surface area contributed by atoms with E-state index in [1.54, 1.807) is 0 Å². The number of carbonyl (C=O) groups is 2. The Balaban J connectivity index is 1.31. The van der Waals surface area contributed by atoms with Gasteiger partial charge in [-0.3, -0.25) is 9.59 Å². The number of hydrogen-bond acceptors (Lipinski definition) is 3. The maximum Gasteiger partial charge on any atom is 0.294 e. The van der Waals surface area contributed by atoms with Crippen LogP contribution in [-0.4, -0.2) is 35.4 Å². The number of ketones is 1. The maximum atomic E-state index is 13.4. The first-order chi connectivity index (χ1) is 15.7. The van der Waals surface area contributed by atoms with Gasteiger partial charge in [-0.05, 0) is 55.9 Å². The van der Waals surface area contributed by atoms with Gasteiger partial charge >= 0.3 is 0 Å². The Hall–Kier alpha value is -3.34. The maximum absolute atomic E-state index is 13.4. The molecule has 1 saturated heterocycles. The van der Waals surface area contributed by atoms with Crippen molar-refractivity contribution < 1.29 is 9.59 Å². The summed E-state index contributed by atoms with van der Waals surface area (Å²) in [6.45, 7) is 2.55. The van der Waals surface area contributed by atoms with Gasteiger partial charge in [0.15, 0.2) is 0 Å². The van der Waals surface area contributed by atoms with E-state index in [2.05, 4.69) is 33.0 Å².